The second kappa shape index (κ2) is 55.4. The Morgan fingerprint density at radius 1 is 0.359 bits per heavy atom. The summed E-state index contributed by atoms with van der Waals surface area (Å²) in [7, 11) is 0. The summed E-state index contributed by atoms with van der Waals surface area (Å²) in [5.74, 6) is -0.382. The lowest BCUT2D eigenvalue weighted by molar-refractivity contribution is -0.163. The zero-order chi connectivity index (χ0) is 46.3. The molecule has 0 heterocycles. The summed E-state index contributed by atoms with van der Waals surface area (Å²) in [5.41, 5.74) is 0. The van der Waals surface area contributed by atoms with Crippen LogP contribution in [0.2, 0.25) is 0 Å². The Morgan fingerprint density at radius 2 is 0.703 bits per heavy atom. The Morgan fingerprint density at radius 3 is 1.12 bits per heavy atom. The SMILES string of the molecule is CC/C=C\C/C=C\C/C=C\CCCCCCCCCCOCC(COC(=O)CCCCCCCCCCCCCCCCCCCCC)OC(=O)CCCCCCCCCCCCC. The normalized spacial score (nSPS) is 12.4. The highest BCUT2D eigenvalue weighted by atomic mass is 16.6. The van der Waals surface area contributed by atoms with Gasteiger partial charge in [-0.3, -0.25) is 9.59 Å². The van der Waals surface area contributed by atoms with E-state index < -0.39 is 6.10 Å². The lowest BCUT2D eigenvalue weighted by Gasteiger charge is -2.18. The summed E-state index contributed by atoms with van der Waals surface area (Å²) in [5, 5.41) is 0. The quantitative estimate of drug-likeness (QED) is 0.0346. The molecule has 0 radical (unpaired) electrons. The number of carbonyl (C=O) groups is 2. The molecule has 0 aromatic carbocycles. The Bertz CT molecular complexity index is 1020. The van der Waals surface area contributed by atoms with Gasteiger partial charge in [-0.1, -0.05) is 276 Å². The van der Waals surface area contributed by atoms with Gasteiger partial charge in [0.2, 0.25) is 0 Å². The number of carbonyl (C=O) groups excluding carboxylic acids is 2. The number of unbranched alkanes of at least 4 members (excludes halogenated alkanes) is 36. The molecule has 0 amide bonds. The lowest BCUT2D eigenvalue weighted by atomic mass is 10.0. The highest BCUT2D eigenvalue weighted by Gasteiger charge is 2.17. The fourth-order valence-corrected chi connectivity index (χ4v) is 8.47. The highest BCUT2D eigenvalue weighted by Crippen LogP contribution is 2.17. The molecule has 0 aliphatic rings. The summed E-state index contributed by atoms with van der Waals surface area (Å²) in [4.78, 5) is 25.4. The van der Waals surface area contributed by atoms with Crippen LogP contribution in [-0.2, 0) is 23.8 Å². The minimum absolute atomic E-state index is 0.0890. The molecule has 1 atom stereocenters. The average molecular weight is 900 g/mol. The van der Waals surface area contributed by atoms with Crippen molar-refractivity contribution in [2.45, 2.75) is 309 Å². The van der Waals surface area contributed by atoms with Crippen LogP contribution in [0.25, 0.3) is 0 Å². The van der Waals surface area contributed by atoms with Crippen LogP contribution in [0.3, 0.4) is 0 Å². The fourth-order valence-electron chi connectivity index (χ4n) is 8.47. The van der Waals surface area contributed by atoms with E-state index in [2.05, 4.69) is 57.2 Å². The Labute approximate surface area is 400 Å². The van der Waals surface area contributed by atoms with Crippen LogP contribution in [0, 0.1) is 0 Å². The molecule has 64 heavy (non-hydrogen) atoms. The van der Waals surface area contributed by atoms with Crippen molar-refractivity contribution in [3.05, 3.63) is 36.5 Å². The van der Waals surface area contributed by atoms with Gasteiger partial charge < -0.3 is 14.2 Å². The molecule has 0 fully saturated rings. The first-order valence-corrected chi connectivity index (χ1v) is 28.5. The molecule has 1 unspecified atom stereocenters. The monoisotopic (exact) mass is 899 g/mol. The van der Waals surface area contributed by atoms with Gasteiger partial charge in [-0.15, -0.1) is 0 Å². The molecule has 0 aromatic heterocycles. The molecule has 0 saturated carbocycles. The molecule has 0 N–H and O–H groups in total. The predicted octanol–water partition coefficient (Wildman–Crippen LogP) is 19.4. The molecular formula is C59H110O5. The van der Waals surface area contributed by atoms with Crippen LogP contribution in [0.15, 0.2) is 36.5 Å². The molecule has 0 aromatic rings. The van der Waals surface area contributed by atoms with Crippen molar-refractivity contribution in [3.8, 4) is 0 Å². The third-order valence-corrected chi connectivity index (χ3v) is 12.7. The molecular weight excluding hydrogens is 789 g/mol. The van der Waals surface area contributed by atoms with Crippen molar-refractivity contribution in [1.82, 2.24) is 0 Å². The van der Waals surface area contributed by atoms with E-state index in [1.54, 1.807) is 0 Å². The van der Waals surface area contributed by atoms with Gasteiger partial charge in [0, 0.05) is 19.4 Å². The van der Waals surface area contributed by atoms with Gasteiger partial charge in [0.1, 0.15) is 6.61 Å². The maximum atomic E-state index is 12.8. The summed E-state index contributed by atoms with van der Waals surface area (Å²) >= 11 is 0. The average Bonchev–Trinajstić information content (AvgIpc) is 3.30. The molecule has 0 spiro atoms. The number of ether oxygens (including phenoxy) is 3. The predicted molar refractivity (Wildman–Crippen MR) is 279 cm³/mol. The minimum atomic E-state index is -0.534. The van der Waals surface area contributed by atoms with E-state index in [1.165, 1.54) is 212 Å². The van der Waals surface area contributed by atoms with Gasteiger partial charge in [0.15, 0.2) is 6.10 Å². The number of esters is 2. The van der Waals surface area contributed by atoms with Crippen LogP contribution in [0.4, 0.5) is 0 Å². The van der Waals surface area contributed by atoms with Crippen molar-refractivity contribution in [3.63, 3.8) is 0 Å². The van der Waals surface area contributed by atoms with E-state index in [4.69, 9.17) is 14.2 Å². The van der Waals surface area contributed by atoms with Gasteiger partial charge in [-0.25, -0.2) is 0 Å². The smallest absolute Gasteiger partial charge is 0.306 e. The van der Waals surface area contributed by atoms with E-state index >= 15 is 0 Å². The Balaban J connectivity index is 4.16. The first-order valence-electron chi connectivity index (χ1n) is 28.5. The summed E-state index contributed by atoms with van der Waals surface area (Å²) in [6.07, 6.45) is 67.4. The number of allylic oxidation sites excluding steroid dienone is 6. The number of hydrogen-bond acceptors (Lipinski definition) is 5. The minimum Gasteiger partial charge on any atom is -0.462 e. The van der Waals surface area contributed by atoms with Gasteiger partial charge in [-0.05, 0) is 51.4 Å². The van der Waals surface area contributed by atoms with Crippen LogP contribution < -0.4 is 0 Å². The molecule has 0 rings (SSSR count). The zero-order valence-corrected chi connectivity index (χ0v) is 43.3. The first kappa shape index (κ1) is 62.1. The third kappa shape index (κ3) is 52.7. The Hall–Kier alpha value is -1.88. The van der Waals surface area contributed by atoms with E-state index in [-0.39, 0.29) is 25.2 Å². The maximum Gasteiger partial charge on any atom is 0.306 e. The summed E-state index contributed by atoms with van der Waals surface area (Å²) < 4.78 is 17.5. The zero-order valence-electron chi connectivity index (χ0n) is 43.3. The van der Waals surface area contributed by atoms with E-state index in [9.17, 15) is 9.59 Å². The van der Waals surface area contributed by atoms with Crippen molar-refractivity contribution in [2.24, 2.45) is 0 Å². The molecule has 0 saturated heterocycles. The second-order valence-corrected chi connectivity index (χ2v) is 19.2. The van der Waals surface area contributed by atoms with Crippen molar-refractivity contribution >= 4 is 11.9 Å². The standard InChI is InChI=1S/C59H110O5/c1-4-7-10-13-16-19-22-24-26-28-30-31-33-35-38-40-43-46-49-52-58(60)63-56-57(64-59(61)53-50-47-44-41-37-21-18-15-12-9-6-3)55-62-54-51-48-45-42-39-36-34-32-29-27-25-23-20-17-14-11-8-5-2/h8,11,17,20,25,27,57H,4-7,9-10,12-16,18-19,21-24,26,28-56H2,1-3H3/b11-8-,20-17-,27-25-. The van der Waals surface area contributed by atoms with E-state index in [0.29, 0.717) is 19.4 Å². The van der Waals surface area contributed by atoms with E-state index in [0.717, 1.165) is 57.8 Å². The molecule has 0 aliphatic heterocycles. The second-order valence-electron chi connectivity index (χ2n) is 19.2. The molecule has 5 nitrogen and oxygen atoms in total. The van der Waals surface area contributed by atoms with Crippen LogP contribution >= 0.6 is 0 Å². The van der Waals surface area contributed by atoms with Crippen molar-refractivity contribution in [2.75, 3.05) is 19.8 Å². The Kier molecular flexibility index (Phi) is 53.8. The van der Waals surface area contributed by atoms with Gasteiger partial charge in [0.05, 0.1) is 6.61 Å². The van der Waals surface area contributed by atoms with Crippen LogP contribution in [0.1, 0.15) is 303 Å². The fraction of sp³-hybridized carbons (Fsp3) is 0.864. The van der Waals surface area contributed by atoms with Crippen LogP contribution in [-0.4, -0.2) is 37.9 Å². The summed E-state index contributed by atoms with van der Waals surface area (Å²) in [6, 6.07) is 0. The number of hydrogen-bond donors (Lipinski definition) is 0. The summed E-state index contributed by atoms with van der Waals surface area (Å²) in [6.45, 7) is 7.76. The maximum absolute atomic E-state index is 12.8. The molecule has 5 heteroatoms. The molecule has 0 aliphatic carbocycles. The molecule has 376 valence electrons. The topological polar surface area (TPSA) is 61.8 Å². The third-order valence-electron chi connectivity index (χ3n) is 12.7. The number of rotatable bonds is 53. The van der Waals surface area contributed by atoms with Crippen LogP contribution in [0.5, 0.6) is 0 Å². The van der Waals surface area contributed by atoms with Crippen molar-refractivity contribution < 1.29 is 23.8 Å². The van der Waals surface area contributed by atoms with Crippen molar-refractivity contribution in [1.29, 1.82) is 0 Å². The lowest BCUT2D eigenvalue weighted by Crippen LogP contribution is -2.30. The first-order chi connectivity index (χ1) is 31.6. The largest absolute Gasteiger partial charge is 0.462 e. The van der Waals surface area contributed by atoms with Gasteiger partial charge in [0.25, 0.3) is 0 Å². The van der Waals surface area contributed by atoms with Gasteiger partial charge >= 0.3 is 11.9 Å². The molecule has 0 bridgehead atoms. The van der Waals surface area contributed by atoms with Gasteiger partial charge in [-0.2, -0.15) is 0 Å². The van der Waals surface area contributed by atoms with E-state index in [1.807, 2.05) is 0 Å². The highest BCUT2D eigenvalue weighted by molar-refractivity contribution is 5.70.